The number of ether oxygens (including phenoxy) is 1. The van der Waals surface area contributed by atoms with Gasteiger partial charge in [0.05, 0.1) is 28.5 Å². The number of para-hydroxylation sites is 1. The van der Waals surface area contributed by atoms with Crippen molar-refractivity contribution in [2.24, 2.45) is 4.99 Å². The smallest absolute Gasteiger partial charge is 0.338 e. The maximum absolute atomic E-state index is 14.4. The van der Waals surface area contributed by atoms with Crippen molar-refractivity contribution in [3.05, 3.63) is 127 Å². The highest BCUT2D eigenvalue weighted by Gasteiger charge is 2.35. The lowest BCUT2D eigenvalue weighted by molar-refractivity contribution is -0.139. The minimum atomic E-state index is -0.738. The van der Waals surface area contributed by atoms with E-state index < -0.39 is 12.0 Å². The summed E-state index contributed by atoms with van der Waals surface area (Å²) in [5, 5.41) is 0.953. The third-order valence-corrected chi connectivity index (χ3v) is 10.4. The number of fused-ring (bicyclic) bond motifs is 2. The molecule has 1 saturated heterocycles. The van der Waals surface area contributed by atoms with Crippen LogP contribution in [0.15, 0.2) is 105 Å². The molecule has 7 rings (SSSR count). The number of carbonyl (C=O) groups excluding carboxylic acids is 2. The summed E-state index contributed by atoms with van der Waals surface area (Å²) < 4.78 is 9.68. The Bertz CT molecular complexity index is 2190. The fourth-order valence-corrected chi connectivity index (χ4v) is 7.82. The van der Waals surface area contributed by atoms with Gasteiger partial charge >= 0.3 is 5.97 Å². The van der Waals surface area contributed by atoms with E-state index in [1.807, 2.05) is 107 Å². The monoisotopic (exact) mass is 662 g/mol. The van der Waals surface area contributed by atoms with Crippen LogP contribution < -0.4 is 14.9 Å². The maximum Gasteiger partial charge on any atom is 0.338 e. The summed E-state index contributed by atoms with van der Waals surface area (Å²) in [5.41, 5.74) is 3.91. The summed E-state index contributed by atoms with van der Waals surface area (Å²) in [4.78, 5) is 49.7. The molecule has 2 aliphatic heterocycles. The first-order valence-electron chi connectivity index (χ1n) is 15.7. The Labute approximate surface area is 280 Å². The van der Waals surface area contributed by atoms with Crippen LogP contribution in [0.1, 0.15) is 42.5 Å². The molecular weight excluding hydrogens is 629 g/mol. The molecule has 0 spiro atoms. The molecule has 2 aliphatic rings. The van der Waals surface area contributed by atoms with Crippen LogP contribution in [0.5, 0.6) is 0 Å². The summed E-state index contributed by atoms with van der Waals surface area (Å²) in [6.45, 7) is 3.80. The van der Waals surface area contributed by atoms with Crippen molar-refractivity contribution < 1.29 is 14.3 Å². The van der Waals surface area contributed by atoms with Crippen LogP contribution in [0.4, 0.5) is 0 Å². The molecule has 0 bridgehead atoms. The minimum absolute atomic E-state index is 0.0987. The number of likely N-dealkylation sites (tertiary alicyclic amines) is 1. The van der Waals surface area contributed by atoms with Crippen molar-refractivity contribution in [2.75, 3.05) is 26.0 Å². The van der Waals surface area contributed by atoms with Gasteiger partial charge in [-0.15, -0.1) is 11.8 Å². The second kappa shape index (κ2) is 13.2. The minimum Gasteiger partial charge on any atom is -0.463 e. The van der Waals surface area contributed by atoms with Crippen molar-refractivity contribution in [1.82, 2.24) is 14.0 Å². The van der Waals surface area contributed by atoms with Crippen LogP contribution in [-0.2, 0) is 20.9 Å². The van der Waals surface area contributed by atoms with Crippen molar-refractivity contribution in [2.45, 2.75) is 37.2 Å². The van der Waals surface area contributed by atoms with E-state index in [0.717, 1.165) is 58.4 Å². The summed E-state index contributed by atoms with van der Waals surface area (Å²) in [6, 6.07) is 24.7. The zero-order chi connectivity index (χ0) is 32.5. The molecular formula is C37H34N4O4S2. The molecule has 0 aliphatic carbocycles. The third kappa shape index (κ3) is 5.87. The predicted octanol–water partition coefficient (Wildman–Crippen LogP) is 5.23. The maximum atomic E-state index is 14.4. The van der Waals surface area contributed by atoms with Gasteiger partial charge in [0.25, 0.3) is 5.56 Å². The molecule has 0 N–H and O–H groups in total. The summed E-state index contributed by atoms with van der Waals surface area (Å²) in [6.07, 6.45) is 7.92. The topological polar surface area (TPSA) is 85.9 Å². The number of esters is 1. The normalized spacial score (nSPS) is 16.4. The highest BCUT2D eigenvalue weighted by atomic mass is 32.2. The summed E-state index contributed by atoms with van der Waals surface area (Å²) in [5.74, 6) is -0.407. The van der Waals surface area contributed by atoms with Gasteiger partial charge in [-0.3, -0.25) is 14.2 Å². The van der Waals surface area contributed by atoms with Gasteiger partial charge in [0.15, 0.2) is 4.80 Å². The quantitative estimate of drug-likeness (QED) is 0.168. The lowest BCUT2D eigenvalue weighted by atomic mass is 9.93. The van der Waals surface area contributed by atoms with Gasteiger partial charge in [-0.25, -0.2) is 9.79 Å². The largest absolute Gasteiger partial charge is 0.463 e. The molecule has 238 valence electrons. The van der Waals surface area contributed by atoms with Gasteiger partial charge in [-0.2, -0.15) is 0 Å². The Kier molecular flexibility index (Phi) is 8.70. The van der Waals surface area contributed by atoms with E-state index in [9.17, 15) is 14.4 Å². The molecule has 5 aromatic rings. The Balaban J connectivity index is 1.42. The third-order valence-electron chi connectivity index (χ3n) is 8.68. The Hall–Kier alpha value is -4.67. The van der Waals surface area contributed by atoms with E-state index >= 15 is 0 Å². The first-order chi connectivity index (χ1) is 23.0. The van der Waals surface area contributed by atoms with Gasteiger partial charge in [-0.1, -0.05) is 72.0 Å². The number of rotatable bonds is 8. The number of hydrogen-bond acceptors (Lipinski definition) is 7. The Morgan fingerprint density at radius 3 is 2.45 bits per heavy atom. The molecule has 4 heterocycles. The van der Waals surface area contributed by atoms with Crippen molar-refractivity contribution in [3.63, 3.8) is 0 Å². The number of carbonyl (C=O) groups is 2. The van der Waals surface area contributed by atoms with E-state index in [2.05, 4.69) is 0 Å². The number of amides is 1. The zero-order valence-electron chi connectivity index (χ0n) is 26.2. The zero-order valence-corrected chi connectivity index (χ0v) is 27.9. The van der Waals surface area contributed by atoms with Gasteiger partial charge in [0, 0.05) is 46.2 Å². The van der Waals surface area contributed by atoms with Crippen molar-refractivity contribution in [3.8, 4) is 0 Å². The fourth-order valence-electron chi connectivity index (χ4n) is 6.42. The van der Waals surface area contributed by atoms with Crippen LogP contribution in [0.25, 0.3) is 22.7 Å². The number of thiazole rings is 1. The van der Waals surface area contributed by atoms with Crippen molar-refractivity contribution >= 4 is 57.7 Å². The number of aromatic nitrogens is 2. The highest BCUT2D eigenvalue weighted by molar-refractivity contribution is 7.98. The number of hydrogen-bond donors (Lipinski definition) is 0. The molecule has 1 fully saturated rings. The Morgan fingerprint density at radius 2 is 1.72 bits per heavy atom. The van der Waals surface area contributed by atoms with E-state index in [-0.39, 0.29) is 24.6 Å². The SMILES string of the molecule is CCOC(=O)C1=C(c2ccccc2)N=c2s/c(=C/c3cn(CC(=O)N4CCCC4)c4ccccc34)c(=O)n2[C@@H]1c1ccc(SC)cc1. The number of nitrogens with zero attached hydrogens (tertiary/aromatic N) is 4. The second-order valence-corrected chi connectivity index (χ2v) is 13.4. The van der Waals surface area contributed by atoms with Crippen LogP contribution in [-0.4, -0.2) is 51.9 Å². The lowest BCUT2D eigenvalue weighted by Crippen LogP contribution is -2.40. The van der Waals surface area contributed by atoms with Gasteiger partial charge in [0.1, 0.15) is 6.54 Å². The van der Waals surface area contributed by atoms with Crippen LogP contribution in [0.2, 0.25) is 0 Å². The molecule has 47 heavy (non-hydrogen) atoms. The Morgan fingerprint density at radius 1 is 1.00 bits per heavy atom. The number of thioether (sulfide) groups is 1. The first kappa shape index (κ1) is 31.0. The van der Waals surface area contributed by atoms with E-state index in [1.165, 1.54) is 11.3 Å². The predicted molar refractivity (Wildman–Crippen MR) is 187 cm³/mol. The molecule has 10 heteroatoms. The molecule has 0 radical (unpaired) electrons. The van der Waals surface area contributed by atoms with Gasteiger partial charge in [-0.05, 0) is 55.9 Å². The highest BCUT2D eigenvalue weighted by Crippen LogP contribution is 2.36. The average molecular weight is 663 g/mol. The average Bonchev–Trinajstić information content (AvgIpc) is 3.84. The van der Waals surface area contributed by atoms with Gasteiger partial charge in [0.2, 0.25) is 5.91 Å². The van der Waals surface area contributed by atoms with E-state index in [1.54, 1.807) is 23.3 Å². The summed E-state index contributed by atoms with van der Waals surface area (Å²) >= 11 is 2.92. The standard InChI is InChI=1S/C37H34N4O4S2/c1-3-45-36(44)32-33(24-11-5-4-6-12-24)38-37-41(34(32)25-15-17-27(46-2)18-16-25)35(43)30(47-37)21-26-22-40(29-14-8-7-13-28(26)29)23-31(42)39-19-9-10-20-39/h4-8,11-18,21-22,34H,3,9-10,19-20,23H2,1-2H3/b30-21+/t34-/m1/s1. The fraction of sp³-hybridized carbons (Fsp3) is 0.243. The first-order valence-corrected chi connectivity index (χ1v) is 17.8. The molecule has 3 aromatic carbocycles. The molecule has 1 atom stereocenters. The molecule has 1 amide bonds. The molecule has 8 nitrogen and oxygen atoms in total. The van der Waals surface area contributed by atoms with Crippen LogP contribution >= 0.6 is 23.1 Å². The van der Waals surface area contributed by atoms with E-state index in [4.69, 9.17) is 9.73 Å². The number of benzene rings is 3. The second-order valence-electron chi connectivity index (χ2n) is 11.5. The van der Waals surface area contributed by atoms with Crippen LogP contribution in [0.3, 0.4) is 0 Å². The lowest BCUT2D eigenvalue weighted by Gasteiger charge is -2.26. The van der Waals surface area contributed by atoms with Crippen LogP contribution in [0, 0.1) is 0 Å². The summed E-state index contributed by atoms with van der Waals surface area (Å²) in [7, 11) is 0. The molecule has 0 saturated carbocycles. The van der Waals surface area contributed by atoms with E-state index in [0.29, 0.717) is 20.6 Å². The molecule has 0 unspecified atom stereocenters. The molecule has 2 aromatic heterocycles. The van der Waals surface area contributed by atoms with Crippen molar-refractivity contribution in [1.29, 1.82) is 0 Å². The van der Waals surface area contributed by atoms with Gasteiger partial charge < -0.3 is 14.2 Å².